The van der Waals surface area contributed by atoms with Gasteiger partial charge in [-0.05, 0) is 12.8 Å². The molecule has 1 aliphatic rings. The number of aromatic nitrogens is 1. The smallest absolute Gasteiger partial charge is 0.323 e. The van der Waals surface area contributed by atoms with Crippen LogP contribution in [0.25, 0.3) is 11.3 Å². The molecular weight excluding hydrogens is 286 g/mol. The summed E-state index contributed by atoms with van der Waals surface area (Å²) in [5.74, 6) is 0. The number of nitrogens with zero attached hydrogens (tertiary/aromatic N) is 2. The third kappa shape index (κ3) is 3.06. The van der Waals surface area contributed by atoms with E-state index in [1.165, 1.54) is 11.3 Å². The largest absolute Gasteiger partial charge is 0.394 e. The highest BCUT2D eigenvalue weighted by molar-refractivity contribution is 7.14. The van der Waals surface area contributed by atoms with Crippen molar-refractivity contribution in [2.45, 2.75) is 18.9 Å². The first kappa shape index (κ1) is 14.0. The third-order valence-corrected chi connectivity index (χ3v) is 4.39. The van der Waals surface area contributed by atoms with E-state index in [1.54, 1.807) is 4.90 Å². The van der Waals surface area contributed by atoms with Gasteiger partial charge in [0.15, 0.2) is 5.13 Å². The highest BCUT2D eigenvalue weighted by Crippen LogP contribution is 2.25. The van der Waals surface area contributed by atoms with Gasteiger partial charge in [-0.25, -0.2) is 9.78 Å². The fourth-order valence-corrected chi connectivity index (χ4v) is 3.24. The van der Waals surface area contributed by atoms with E-state index >= 15 is 0 Å². The molecule has 1 aromatic carbocycles. The maximum atomic E-state index is 12.2. The van der Waals surface area contributed by atoms with Crippen LogP contribution < -0.4 is 5.32 Å². The first-order chi connectivity index (χ1) is 10.3. The van der Waals surface area contributed by atoms with Crippen molar-refractivity contribution in [3.63, 3.8) is 0 Å². The molecule has 1 saturated heterocycles. The quantitative estimate of drug-likeness (QED) is 0.916. The van der Waals surface area contributed by atoms with Gasteiger partial charge in [-0.3, -0.25) is 5.32 Å². The molecule has 3 rings (SSSR count). The molecule has 2 N–H and O–H groups in total. The monoisotopic (exact) mass is 303 g/mol. The minimum atomic E-state index is -0.180. The molecule has 0 unspecified atom stereocenters. The number of benzene rings is 1. The van der Waals surface area contributed by atoms with E-state index in [9.17, 15) is 9.90 Å². The van der Waals surface area contributed by atoms with Crippen molar-refractivity contribution < 1.29 is 9.90 Å². The van der Waals surface area contributed by atoms with Crippen LogP contribution in [0, 0.1) is 0 Å². The van der Waals surface area contributed by atoms with Crippen molar-refractivity contribution in [3.8, 4) is 11.3 Å². The summed E-state index contributed by atoms with van der Waals surface area (Å²) in [6.07, 6.45) is 1.79. The second kappa shape index (κ2) is 6.24. The Morgan fingerprint density at radius 2 is 2.24 bits per heavy atom. The fourth-order valence-electron chi connectivity index (χ4n) is 2.53. The van der Waals surface area contributed by atoms with Gasteiger partial charge in [0.1, 0.15) is 0 Å². The summed E-state index contributed by atoms with van der Waals surface area (Å²) in [6, 6.07) is 9.61. The summed E-state index contributed by atoms with van der Waals surface area (Å²) in [6.45, 7) is 0.703. The molecule has 1 fully saturated rings. The number of carbonyl (C=O) groups is 1. The molecule has 0 radical (unpaired) electrons. The SMILES string of the molecule is O=C(Nc1nc(-c2ccccc2)cs1)N1CCC[C@@H]1CO. The van der Waals surface area contributed by atoms with Crippen molar-refractivity contribution >= 4 is 22.5 Å². The number of thiazole rings is 1. The van der Waals surface area contributed by atoms with E-state index in [0.29, 0.717) is 11.7 Å². The maximum absolute atomic E-state index is 12.2. The molecule has 0 saturated carbocycles. The fraction of sp³-hybridized carbons (Fsp3) is 0.333. The van der Waals surface area contributed by atoms with Crippen LogP contribution in [0.15, 0.2) is 35.7 Å². The predicted molar refractivity (Wildman–Crippen MR) is 83.4 cm³/mol. The summed E-state index contributed by atoms with van der Waals surface area (Å²) >= 11 is 1.41. The number of hydrogen-bond acceptors (Lipinski definition) is 4. The number of hydrogen-bond donors (Lipinski definition) is 2. The molecule has 1 aliphatic heterocycles. The van der Waals surface area contributed by atoms with Gasteiger partial charge in [0.2, 0.25) is 0 Å². The molecule has 21 heavy (non-hydrogen) atoms. The molecule has 2 heterocycles. The highest BCUT2D eigenvalue weighted by Gasteiger charge is 2.28. The Labute approximate surface area is 127 Å². The van der Waals surface area contributed by atoms with Crippen LogP contribution in [0.2, 0.25) is 0 Å². The average Bonchev–Trinajstić information content (AvgIpc) is 3.16. The first-order valence-electron chi connectivity index (χ1n) is 6.97. The van der Waals surface area contributed by atoms with Crippen LogP contribution in [-0.4, -0.2) is 40.2 Å². The Balaban J connectivity index is 1.69. The van der Waals surface area contributed by atoms with Crippen LogP contribution in [0.1, 0.15) is 12.8 Å². The van der Waals surface area contributed by atoms with E-state index in [1.807, 2.05) is 35.7 Å². The van der Waals surface area contributed by atoms with Gasteiger partial charge < -0.3 is 10.0 Å². The molecule has 110 valence electrons. The number of rotatable bonds is 3. The lowest BCUT2D eigenvalue weighted by molar-refractivity contribution is 0.166. The Morgan fingerprint density at radius 3 is 3.00 bits per heavy atom. The van der Waals surface area contributed by atoms with E-state index in [-0.39, 0.29) is 18.7 Å². The molecule has 0 aliphatic carbocycles. The summed E-state index contributed by atoms with van der Waals surface area (Å²) < 4.78 is 0. The molecule has 0 spiro atoms. The van der Waals surface area contributed by atoms with Crippen LogP contribution >= 0.6 is 11.3 Å². The molecule has 1 aromatic heterocycles. The van der Waals surface area contributed by atoms with Crippen LogP contribution in [-0.2, 0) is 0 Å². The Hall–Kier alpha value is -1.92. The zero-order chi connectivity index (χ0) is 14.7. The van der Waals surface area contributed by atoms with Gasteiger partial charge in [-0.1, -0.05) is 30.3 Å². The average molecular weight is 303 g/mol. The summed E-state index contributed by atoms with van der Waals surface area (Å²) in [5.41, 5.74) is 1.89. The van der Waals surface area contributed by atoms with E-state index in [2.05, 4.69) is 10.3 Å². The van der Waals surface area contributed by atoms with E-state index < -0.39 is 0 Å². The van der Waals surface area contributed by atoms with Crippen LogP contribution in [0.5, 0.6) is 0 Å². The number of amides is 2. The second-order valence-corrected chi connectivity index (χ2v) is 5.86. The minimum Gasteiger partial charge on any atom is -0.394 e. The predicted octanol–water partition coefficient (Wildman–Crippen LogP) is 2.80. The van der Waals surface area contributed by atoms with Crippen LogP contribution in [0.3, 0.4) is 0 Å². The molecule has 1 atom stereocenters. The lowest BCUT2D eigenvalue weighted by atomic mass is 10.2. The summed E-state index contributed by atoms with van der Waals surface area (Å²) in [7, 11) is 0. The Bertz CT molecular complexity index is 614. The van der Waals surface area contributed by atoms with Gasteiger partial charge >= 0.3 is 6.03 Å². The standard InChI is InChI=1S/C15H17N3O2S/c19-9-12-7-4-8-18(12)15(20)17-14-16-13(10-21-14)11-5-2-1-3-6-11/h1-3,5-6,10,12,19H,4,7-9H2,(H,16,17,20)/t12-/m1/s1. The number of nitrogens with one attached hydrogen (secondary N) is 1. The Kier molecular flexibility index (Phi) is 4.17. The molecule has 6 heteroatoms. The number of likely N-dealkylation sites (tertiary alicyclic amines) is 1. The van der Waals surface area contributed by atoms with Crippen molar-refractivity contribution in [1.29, 1.82) is 0 Å². The number of aliphatic hydroxyl groups is 1. The van der Waals surface area contributed by atoms with E-state index in [4.69, 9.17) is 0 Å². The van der Waals surface area contributed by atoms with Crippen molar-refractivity contribution in [1.82, 2.24) is 9.88 Å². The first-order valence-corrected chi connectivity index (χ1v) is 7.85. The zero-order valence-corrected chi connectivity index (χ0v) is 12.3. The third-order valence-electron chi connectivity index (χ3n) is 3.64. The zero-order valence-electron chi connectivity index (χ0n) is 11.5. The minimum absolute atomic E-state index is 0.0144. The van der Waals surface area contributed by atoms with Gasteiger partial charge in [0, 0.05) is 17.5 Å². The lowest BCUT2D eigenvalue weighted by Gasteiger charge is -2.22. The van der Waals surface area contributed by atoms with Crippen molar-refractivity contribution in [2.75, 3.05) is 18.5 Å². The summed E-state index contributed by atoms with van der Waals surface area (Å²) in [5, 5.41) is 14.6. The van der Waals surface area contributed by atoms with Gasteiger partial charge in [0.05, 0.1) is 18.3 Å². The highest BCUT2D eigenvalue weighted by atomic mass is 32.1. The van der Waals surface area contributed by atoms with Gasteiger partial charge in [-0.15, -0.1) is 11.3 Å². The van der Waals surface area contributed by atoms with Crippen molar-refractivity contribution in [2.24, 2.45) is 0 Å². The second-order valence-electron chi connectivity index (χ2n) is 5.01. The number of aliphatic hydroxyl groups excluding tert-OH is 1. The summed E-state index contributed by atoms with van der Waals surface area (Å²) in [4.78, 5) is 18.3. The van der Waals surface area contributed by atoms with Gasteiger partial charge in [0.25, 0.3) is 0 Å². The number of urea groups is 1. The molecular formula is C15H17N3O2S. The lowest BCUT2D eigenvalue weighted by Crippen LogP contribution is -2.40. The maximum Gasteiger partial charge on any atom is 0.323 e. The molecule has 5 nitrogen and oxygen atoms in total. The molecule has 0 bridgehead atoms. The normalized spacial score (nSPS) is 18.0. The number of carbonyl (C=O) groups excluding carboxylic acids is 1. The number of anilines is 1. The van der Waals surface area contributed by atoms with Crippen LogP contribution in [0.4, 0.5) is 9.93 Å². The van der Waals surface area contributed by atoms with Gasteiger partial charge in [-0.2, -0.15) is 0 Å². The molecule has 2 aromatic rings. The van der Waals surface area contributed by atoms with E-state index in [0.717, 1.165) is 24.1 Å². The topological polar surface area (TPSA) is 65.5 Å². The Morgan fingerprint density at radius 1 is 1.43 bits per heavy atom. The molecule has 2 amide bonds. The van der Waals surface area contributed by atoms with Crippen molar-refractivity contribution in [3.05, 3.63) is 35.7 Å².